The summed E-state index contributed by atoms with van der Waals surface area (Å²) >= 11 is 0. The molecule has 16 heteroatoms. The number of carbonyl (C=O) groups excluding carboxylic acids is 2. The van der Waals surface area contributed by atoms with E-state index in [-0.39, 0.29) is 24.5 Å². The van der Waals surface area contributed by atoms with E-state index >= 15 is 0 Å². The second kappa shape index (κ2) is 7.39. The summed E-state index contributed by atoms with van der Waals surface area (Å²) < 4.78 is 74.4. The maximum Gasteiger partial charge on any atom is 0.418 e. The van der Waals surface area contributed by atoms with Crippen LogP contribution >= 0.6 is 0 Å². The summed E-state index contributed by atoms with van der Waals surface area (Å²) in [6.07, 6.45) is 0. The lowest BCUT2D eigenvalue weighted by molar-refractivity contribution is -0.122. The number of fused-ring (bicyclic) bond motifs is 4. The van der Waals surface area contributed by atoms with Crippen LogP contribution < -0.4 is 10.5 Å². The first-order chi connectivity index (χ1) is 13.4. The third kappa shape index (κ3) is 4.57. The van der Waals surface area contributed by atoms with Gasteiger partial charge in [0.2, 0.25) is 5.91 Å². The second-order valence-corrected chi connectivity index (χ2v) is 8.07. The smallest absolute Gasteiger partial charge is 0.418 e. The first-order valence-corrected chi connectivity index (χ1v) is 10.5. The number of hydroxylamine groups is 2. The topological polar surface area (TPSA) is 203 Å². The van der Waals surface area contributed by atoms with E-state index in [9.17, 15) is 26.4 Å². The summed E-state index contributed by atoms with van der Waals surface area (Å²) in [6.45, 7) is -0.920. The first kappa shape index (κ1) is 21.2. The van der Waals surface area contributed by atoms with Crippen LogP contribution in [0.25, 0.3) is 0 Å². The number of carbonyl (C=O) groups is 2. The fourth-order valence-electron chi connectivity index (χ4n) is 3.18. The maximum absolute atomic E-state index is 12.5. The van der Waals surface area contributed by atoms with E-state index in [1.165, 1.54) is 18.2 Å². The highest BCUT2D eigenvalue weighted by molar-refractivity contribution is 7.81. The standard InChI is InChI=1S/C13H15N3O11S2/c14-12(17)11-8-2-1-7(25-3-4-26-28(19,20)21)5-9(8)10-6-15(11)13(18)16(10)27-29(22,23)24/h1-2,5,10-11H,3-4,6H2,(H2,14,17)(H,19,20,21)(H,22,23,24)/t10-,11?/m1/s1. The van der Waals surface area contributed by atoms with E-state index in [1.807, 2.05) is 0 Å². The van der Waals surface area contributed by atoms with Crippen molar-refractivity contribution in [1.29, 1.82) is 0 Å². The summed E-state index contributed by atoms with van der Waals surface area (Å²) in [5.74, 6) is -0.715. The van der Waals surface area contributed by atoms with Crippen molar-refractivity contribution in [2.24, 2.45) is 5.73 Å². The Bertz CT molecular complexity index is 1060. The normalized spacial score (nSPS) is 21.2. The Morgan fingerprint density at radius 1 is 1.14 bits per heavy atom. The Kier molecular flexibility index (Phi) is 5.41. The van der Waals surface area contributed by atoms with Crippen molar-refractivity contribution >= 4 is 32.7 Å². The van der Waals surface area contributed by atoms with E-state index in [1.54, 1.807) is 0 Å². The third-order valence-electron chi connectivity index (χ3n) is 4.14. The van der Waals surface area contributed by atoms with E-state index < -0.39 is 51.4 Å². The minimum atomic E-state index is -5.03. The summed E-state index contributed by atoms with van der Waals surface area (Å²) in [5.41, 5.74) is 5.96. The molecule has 4 N–H and O–H groups in total. The van der Waals surface area contributed by atoms with Gasteiger partial charge in [-0.2, -0.15) is 21.9 Å². The molecule has 0 saturated carbocycles. The molecular weight excluding hydrogens is 438 g/mol. The number of urea groups is 1. The quantitative estimate of drug-likeness (QED) is 0.319. The van der Waals surface area contributed by atoms with Crippen LogP contribution in [-0.4, -0.2) is 67.6 Å². The van der Waals surface area contributed by atoms with Gasteiger partial charge in [0.15, 0.2) is 0 Å². The van der Waals surface area contributed by atoms with Crippen LogP contribution in [-0.2, 0) is 34.1 Å². The molecule has 0 aliphatic carbocycles. The number of ether oxygens (including phenoxy) is 1. The fraction of sp³-hybridized carbons (Fsp3) is 0.385. The lowest BCUT2D eigenvalue weighted by Gasteiger charge is -2.30. The molecule has 2 aliphatic rings. The summed E-state index contributed by atoms with van der Waals surface area (Å²) in [7, 11) is -9.65. The Hall–Kier alpha value is -2.50. The molecule has 14 nitrogen and oxygen atoms in total. The average Bonchev–Trinajstić information content (AvgIpc) is 2.84. The molecular formula is C13H15N3O11S2. The molecule has 1 saturated heterocycles. The molecule has 2 heterocycles. The summed E-state index contributed by atoms with van der Waals surface area (Å²) in [4.78, 5) is 25.4. The van der Waals surface area contributed by atoms with Crippen LogP contribution in [0.3, 0.4) is 0 Å². The highest BCUT2D eigenvalue weighted by Gasteiger charge is 2.51. The average molecular weight is 453 g/mol. The van der Waals surface area contributed by atoms with Crippen molar-refractivity contribution in [2.45, 2.75) is 12.1 Å². The maximum atomic E-state index is 12.5. The molecule has 1 aromatic carbocycles. The van der Waals surface area contributed by atoms with Gasteiger partial charge in [-0.05, 0) is 23.3 Å². The van der Waals surface area contributed by atoms with Gasteiger partial charge in [0.05, 0.1) is 6.54 Å². The zero-order chi connectivity index (χ0) is 21.6. The number of hydrogen-bond acceptors (Lipinski definition) is 9. The van der Waals surface area contributed by atoms with E-state index in [0.29, 0.717) is 10.6 Å². The second-order valence-electron chi connectivity index (χ2n) is 5.97. The van der Waals surface area contributed by atoms with Crippen LogP contribution in [0.5, 0.6) is 5.75 Å². The monoisotopic (exact) mass is 453 g/mol. The van der Waals surface area contributed by atoms with Crippen molar-refractivity contribution < 1.29 is 48.7 Å². The van der Waals surface area contributed by atoms with Crippen molar-refractivity contribution in [3.05, 3.63) is 29.3 Å². The number of hydrogen-bond donors (Lipinski definition) is 3. The molecule has 3 amide bonds. The van der Waals surface area contributed by atoms with Crippen LogP contribution in [0.4, 0.5) is 4.79 Å². The molecule has 2 atom stereocenters. The molecule has 0 radical (unpaired) electrons. The number of nitrogens with two attached hydrogens (primary N) is 1. The molecule has 0 aromatic heterocycles. The van der Waals surface area contributed by atoms with Gasteiger partial charge in [0.1, 0.15) is 31.0 Å². The predicted molar refractivity (Wildman–Crippen MR) is 90.7 cm³/mol. The number of benzene rings is 1. The Morgan fingerprint density at radius 2 is 1.83 bits per heavy atom. The minimum Gasteiger partial charge on any atom is -0.491 e. The minimum absolute atomic E-state index is 0.149. The molecule has 1 aromatic rings. The van der Waals surface area contributed by atoms with Crippen molar-refractivity contribution in [3.8, 4) is 5.75 Å². The molecule has 160 valence electrons. The van der Waals surface area contributed by atoms with Gasteiger partial charge in [0.25, 0.3) is 0 Å². The van der Waals surface area contributed by atoms with Crippen LogP contribution in [0.15, 0.2) is 18.2 Å². The van der Waals surface area contributed by atoms with Gasteiger partial charge in [-0.25, -0.2) is 8.98 Å². The van der Waals surface area contributed by atoms with Crippen molar-refractivity contribution in [1.82, 2.24) is 9.96 Å². The van der Waals surface area contributed by atoms with Crippen LogP contribution in [0, 0.1) is 0 Å². The van der Waals surface area contributed by atoms with Gasteiger partial charge in [0, 0.05) is 0 Å². The number of amides is 3. The Morgan fingerprint density at radius 3 is 2.41 bits per heavy atom. The van der Waals surface area contributed by atoms with Gasteiger partial charge in [-0.1, -0.05) is 6.07 Å². The lowest BCUT2D eigenvalue weighted by atomic mass is 9.90. The van der Waals surface area contributed by atoms with Crippen LogP contribution in [0.1, 0.15) is 23.2 Å². The van der Waals surface area contributed by atoms with Gasteiger partial charge < -0.3 is 15.4 Å². The number of rotatable bonds is 8. The van der Waals surface area contributed by atoms with Gasteiger partial charge in [-0.15, -0.1) is 4.28 Å². The van der Waals surface area contributed by atoms with Gasteiger partial charge in [-0.3, -0.25) is 13.9 Å². The SMILES string of the molecule is NC(=O)C1c2ccc(OCCOS(=O)(=O)O)cc2[C@H]2CN1C(=O)N2OS(=O)(=O)O. The molecule has 1 fully saturated rings. The third-order valence-corrected chi connectivity index (χ3v) is 4.95. The van der Waals surface area contributed by atoms with E-state index in [0.717, 1.165) is 4.90 Å². The molecule has 0 spiro atoms. The number of primary amides is 1. The largest absolute Gasteiger partial charge is 0.491 e. The van der Waals surface area contributed by atoms with Crippen molar-refractivity contribution in [3.63, 3.8) is 0 Å². The fourth-order valence-corrected chi connectivity index (χ4v) is 3.83. The van der Waals surface area contributed by atoms with Crippen LogP contribution in [0.2, 0.25) is 0 Å². The van der Waals surface area contributed by atoms with E-state index in [2.05, 4.69) is 8.47 Å². The summed E-state index contributed by atoms with van der Waals surface area (Å²) in [5, 5.41) is 0.405. The highest BCUT2D eigenvalue weighted by Crippen LogP contribution is 2.45. The van der Waals surface area contributed by atoms with E-state index in [4.69, 9.17) is 19.6 Å². The predicted octanol–water partition coefficient (Wildman–Crippen LogP) is -1.06. The molecule has 2 aliphatic heterocycles. The van der Waals surface area contributed by atoms with Crippen molar-refractivity contribution in [2.75, 3.05) is 19.8 Å². The molecule has 29 heavy (non-hydrogen) atoms. The molecule has 2 bridgehead atoms. The zero-order valence-electron chi connectivity index (χ0n) is 14.4. The first-order valence-electron chi connectivity index (χ1n) is 7.82. The Balaban J connectivity index is 1.90. The van der Waals surface area contributed by atoms with Gasteiger partial charge >= 0.3 is 26.8 Å². The molecule has 1 unspecified atom stereocenters. The Labute approximate surface area is 164 Å². The number of nitrogens with zero attached hydrogens (tertiary/aromatic N) is 2. The highest BCUT2D eigenvalue weighted by atomic mass is 32.3. The zero-order valence-corrected chi connectivity index (χ0v) is 16.0. The lowest BCUT2D eigenvalue weighted by Crippen LogP contribution is -2.41. The summed E-state index contributed by atoms with van der Waals surface area (Å²) in [6, 6.07) is 1.00. The molecule has 3 rings (SSSR count).